The van der Waals surface area contributed by atoms with E-state index in [1.807, 2.05) is 26.4 Å². The molecule has 4 rings (SSSR count). The van der Waals surface area contributed by atoms with E-state index in [1.54, 1.807) is 22.4 Å². The number of nitrogens with one attached hydrogen (secondary N) is 1. The van der Waals surface area contributed by atoms with Crippen LogP contribution in [0.15, 0.2) is 23.6 Å². The van der Waals surface area contributed by atoms with Gasteiger partial charge in [0.05, 0.1) is 23.7 Å². The summed E-state index contributed by atoms with van der Waals surface area (Å²) in [4.78, 5) is 9.41. The average molecular weight is 352 g/mol. The Kier molecular flexibility index (Phi) is 4.20. The van der Waals surface area contributed by atoms with Gasteiger partial charge in [-0.25, -0.2) is 4.98 Å². The molecule has 0 aromatic carbocycles. The molecule has 0 spiro atoms. The zero-order chi connectivity index (χ0) is 18.3. The highest BCUT2D eigenvalue weighted by atomic mass is 15.3. The van der Waals surface area contributed by atoms with Crippen molar-refractivity contribution in [2.75, 3.05) is 25.9 Å². The zero-order valence-corrected chi connectivity index (χ0v) is 15.4. The fourth-order valence-corrected chi connectivity index (χ4v) is 3.66. The maximum atomic E-state index is 6.54. The molecule has 1 aliphatic rings. The number of fused-ring (bicyclic) bond motifs is 1. The van der Waals surface area contributed by atoms with E-state index in [1.165, 1.54) is 0 Å². The SMILES string of the molecule is C/N=C(\C)c1c(C2CCCNC2)nc2c(-c3cnn(C)c3)cnn2c1N. The molecule has 0 bridgehead atoms. The van der Waals surface area contributed by atoms with Gasteiger partial charge in [0.1, 0.15) is 5.82 Å². The predicted molar refractivity (Wildman–Crippen MR) is 103 cm³/mol. The Morgan fingerprint density at radius 3 is 2.85 bits per heavy atom. The van der Waals surface area contributed by atoms with Crippen LogP contribution in [0.5, 0.6) is 0 Å². The van der Waals surface area contributed by atoms with Gasteiger partial charge in [-0.3, -0.25) is 9.67 Å². The van der Waals surface area contributed by atoms with Crippen molar-refractivity contribution >= 4 is 17.2 Å². The summed E-state index contributed by atoms with van der Waals surface area (Å²) in [6.07, 6.45) is 7.82. The van der Waals surface area contributed by atoms with Crippen molar-refractivity contribution in [1.82, 2.24) is 29.7 Å². The highest BCUT2D eigenvalue weighted by Gasteiger charge is 2.26. The Balaban J connectivity index is 1.96. The number of nitrogen functional groups attached to an aromatic ring is 1. The van der Waals surface area contributed by atoms with Crippen LogP contribution in [0.3, 0.4) is 0 Å². The highest BCUT2D eigenvalue weighted by molar-refractivity contribution is 6.04. The molecule has 0 saturated carbocycles. The summed E-state index contributed by atoms with van der Waals surface area (Å²) < 4.78 is 3.49. The lowest BCUT2D eigenvalue weighted by Crippen LogP contribution is -2.30. The van der Waals surface area contributed by atoms with Crippen molar-refractivity contribution in [1.29, 1.82) is 0 Å². The first-order chi connectivity index (χ1) is 12.6. The van der Waals surface area contributed by atoms with Crippen LogP contribution in [-0.4, -0.2) is 50.2 Å². The lowest BCUT2D eigenvalue weighted by atomic mass is 9.91. The van der Waals surface area contributed by atoms with Gasteiger partial charge in [0.25, 0.3) is 0 Å². The second kappa shape index (κ2) is 6.53. The van der Waals surface area contributed by atoms with Crippen LogP contribution in [0.4, 0.5) is 5.82 Å². The van der Waals surface area contributed by atoms with Crippen LogP contribution in [0.2, 0.25) is 0 Å². The van der Waals surface area contributed by atoms with Gasteiger partial charge in [0.15, 0.2) is 5.65 Å². The maximum absolute atomic E-state index is 6.54. The van der Waals surface area contributed by atoms with Crippen LogP contribution < -0.4 is 11.1 Å². The van der Waals surface area contributed by atoms with Gasteiger partial charge in [-0.2, -0.15) is 14.7 Å². The molecule has 4 heterocycles. The molecule has 1 fully saturated rings. The minimum Gasteiger partial charge on any atom is -0.383 e. The lowest BCUT2D eigenvalue weighted by Gasteiger charge is -2.25. The third-order valence-corrected chi connectivity index (χ3v) is 5.11. The molecule has 1 aliphatic heterocycles. The molecule has 0 amide bonds. The highest BCUT2D eigenvalue weighted by Crippen LogP contribution is 2.32. The zero-order valence-electron chi connectivity index (χ0n) is 15.4. The van der Waals surface area contributed by atoms with Crippen LogP contribution in [0, 0.1) is 0 Å². The molecule has 1 atom stereocenters. The fourth-order valence-electron chi connectivity index (χ4n) is 3.66. The Labute approximate surface area is 152 Å². The number of piperidine rings is 1. The van der Waals surface area contributed by atoms with E-state index in [-0.39, 0.29) is 0 Å². The number of rotatable bonds is 3. The van der Waals surface area contributed by atoms with E-state index < -0.39 is 0 Å². The summed E-state index contributed by atoms with van der Waals surface area (Å²) in [6.45, 7) is 3.94. The summed E-state index contributed by atoms with van der Waals surface area (Å²) in [7, 11) is 3.68. The molecule has 3 N–H and O–H groups in total. The molecule has 0 aliphatic carbocycles. The molecule has 136 valence electrons. The Morgan fingerprint density at radius 1 is 1.35 bits per heavy atom. The summed E-state index contributed by atoms with van der Waals surface area (Å²) in [6, 6.07) is 0. The van der Waals surface area contributed by atoms with Gasteiger partial charge in [0, 0.05) is 49.6 Å². The van der Waals surface area contributed by atoms with Crippen LogP contribution >= 0.6 is 0 Å². The topological polar surface area (TPSA) is 98.4 Å². The Bertz CT molecular complexity index is 975. The number of anilines is 1. The average Bonchev–Trinajstić information content (AvgIpc) is 3.27. The smallest absolute Gasteiger partial charge is 0.165 e. The number of hydrogen-bond donors (Lipinski definition) is 2. The van der Waals surface area contributed by atoms with Crippen molar-refractivity contribution in [3.05, 3.63) is 29.8 Å². The summed E-state index contributed by atoms with van der Waals surface area (Å²) in [5.41, 5.74) is 12.0. The van der Waals surface area contributed by atoms with Crippen LogP contribution in [0.25, 0.3) is 16.8 Å². The summed E-state index contributed by atoms with van der Waals surface area (Å²) in [5, 5.41) is 12.2. The lowest BCUT2D eigenvalue weighted by molar-refractivity contribution is 0.454. The molecule has 1 unspecified atom stereocenters. The van der Waals surface area contributed by atoms with Gasteiger partial charge in [-0.05, 0) is 26.3 Å². The largest absolute Gasteiger partial charge is 0.383 e. The van der Waals surface area contributed by atoms with Gasteiger partial charge in [-0.15, -0.1) is 0 Å². The third-order valence-electron chi connectivity index (χ3n) is 5.11. The van der Waals surface area contributed by atoms with E-state index in [0.717, 1.165) is 59.7 Å². The van der Waals surface area contributed by atoms with Crippen molar-refractivity contribution in [3.8, 4) is 11.1 Å². The second-order valence-corrected chi connectivity index (χ2v) is 6.81. The maximum Gasteiger partial charge on any atom is 0.165 e. The molecule has 1 saturated heterocycles. The van der Waals surface area contributed by atoms with Crippen LogP contribution in [-0.2, 0) is 7.05 Å². The quantitative estimate of drug-likeness (QED) is 0.698. The molecular weight excluding hydrogens is 328 g/mol. The van der Waals surface area contributed by atoms with Gasteiger partial charge in [-0.1, -0.05) is 0 Å². The van der Waals surface area contributed by atoms with E-state index >= 15 is 0 Å². The first-order valence-electron chi connectivity index (χ1n) is 8.90. The van der Waals surface area contributed by atoms with Crippen LogP contribution in [0.1, 0.15) is 36.9 Å². The number of aryl methyl sites for hydroxylation is 1. The number of nitrogens with two attached hydrogens (primary N) is 1. The first-order valence-corrected chi connectivity index (χ1v) is 8.90. The van der Waals surface area contributed by atoms with E-state index in [9.17, 15) is 0 Å². The van der Waals surface area contributed by atoms with Crippen molar-refractivity contribution in [2.45, 2.75) is 25.7 Å². The molecule has 3 aromatic heterocycles. The minimum absolute atomic E-state index is 0.319. The molecule has 3 aromatic rings. The van der Waals surface area contributed by atoms with Crippen molar-refractivity contribution in [2.24, 2.45) is 12.0 Å². The second-order valence-electron chi connectivity index (χ2n) is 6.81. The van der Waals surface area contributed by atoms with Gasteiger partial charge >= 0.3 is 0 Å². The number of aliphatic imine (C=N–C) groups is 1. The monoisotopic (exact) mass is 352 g/mol. The normalized spacial score (nSPS) is 18.6. The fraction of sp³-hybridized carbons (Fsp3) is 0.444. The van der Waals surface area contributed by atoms with Crippen molar-refractivity contribution < 1.29 is 0 Å². The third kappa shape index (κ3) is 2.66. The van der Waals surface area contributed by atoms with E-state index in [4.69, 9.17) is 10.7 Å². The molecule has 8 nitrogen and oxygen atoms in total. The van der Waals surface area contributed by atoms with E-state index in [0.29, 0.717) is 11.7 Å². The number of aromatic nitrogens is 5. The molecule has 8 heteroatoms. The Hall–Kier alpha value is -2.74. The molecule has 26 heavy (non-hydrogen) atoms. The first kappa shape index (κ1) is 16.7. The van der Waals surface area contributed by atoms with Gasteiger partial charge in [0.2, 0.25) is 0 Å². The molecule has 0 radical (unpaired) electrons. The number of hydrogen-bond acceptors (Lipinski definition) is 6. The van der Waals surface area contributed by atoms with Gasteiger partial charge < -0.3 is 11.1 Å². The predicted octanol–water partition coefficient (Wildman–Crippen LogP) is 1.62. The Morgan fingerprint density at radius 2 is 2.19 bits per heavy atom. The number of nitrogens with zero attached hydrogens (tertiary/aromatic N) is 6. The van der Waals surface area contributed by atoms with Crippen molar-refractivity contribution in [3.63, 3.8) is 0 Å². The molecular formula is C18H24N8. The summed E-state index contributed by atoms with van der Waals surface area (Å²) in [5.74, 6) is 0.910. The van der Waals surface area contributed by atoms with E-state index in [2.05, 4.69) is 20.5 Å². The minimum atomic E-state index is 0.319. The standard InChI is InChI=1S/C18H24N8/c1-11(20-2)15-16(12-5-4-6-21-7-12)24-18-14(9-23-26(18)17(15)19)13-8-22-25(3)10-13/h8-10,12,21H,4-7,19H2,1-3H3/b20-11+. The summed E-state index contributed by atoms with van der Waals surface area (Å²) >= 11 is 0.